The van der Waals surface area contributed by atoms with Crippen LogP contribution in [0.5, 0.6) is 5.75 Å². The van der Waals surface area contributed by atoms with Gasteiger partial charge in [0, 0.05) is 0 Å². The fraction of sp³-hybridized carbons (Fsp3) is 0.417. The van der Waals surface area contributed by atoms with Crippen LogP contribution in [0.1, 0.15) is 16.7 Å². The van der Waals surface area contributed by atoms with Crippen LogP contribution in [-0.2, 0) is 11.2 Å². The molecule has 0 saturated heterocycles. The predicted molar refractivity (Wildman–Crippen MR) is 61.8 cm³/mol. The minimum absolute atomic E-state index is 0.339. The molecule has 0 spiro atoms. The Morgan fingerprint density at radius 1 is 1.44 bits per heavy atom. The van der Waals surface area contributed by atoms with Crippen molar-refractivity contribution in [3.05, 3.63) is 28.8 Å². The summed E-state index contributed by atoms with van der Waals surface area (Å²) < 4.78 is 5.19. The van der Waals surface area contributed by atoms with Crippen molar-refractivity contribution in [2.24, 2.45) is 5.73 Å². The van der Waals surface area contributed by atoms with Crippen molar-refractivity contribution in [1.82, 2.24) is 0 Å². The highest BCUT2D eigenvalue weighted by Gasteiger charge is 2.14. The molecule has 0 aliphatic heterocycles. The number of rotatable bonds is 4. The molecule has 1 atom stereocenters. The lowest BCUT2D eigenvalue weighted by atomic mass is 9.98. The first-order valence-corrected chi connectivity index (χ1v) is 5.08. The lowest BCUT2D eigenvalue weighted by molar-refractivity contribution is -0.138. The molecule has 0 saturated carbocycles. The Kier molecular flexibility index (Phi) is 3.90. The number of aliphatic carboxylic acids is 1. The lowest BCUT2D eigenvalue weighted by Crippen LogP contribution is -2.32. The van der Waals surface area contributed by atoms with E-state index in [4.69, 9.17) is 15.6 Å². The van der Waals surface area contributed by atoms with E-state index in [2.05, 4.69) is 0 Å². The first-order valence-electron chi connectivity index (χ1n) is 5.08. The number of hydrogen-bond donors (Lipinski definition) is 2. The van der Waals surface area contributed by atoms with E-state index in [0.717, 1.165) is 22.4 Å². The van der Waals surface area contributed by atoms with E-state index in [-0.39, 0.29) is 0 Å². The fourth-order valence-electron chi connectivity index (χ4n) is 1.61. The molecule has 1 aromatic rings. The van der Waals surface area contributed by atoms with Crippen LogP contribution >= 0.6 is 0 Å². The Hall–Kier alpha value is -1.55. The zero-order valence-corrected chi connectivity index (χ0v) is 9.78. The molecule has 88 valence electrons. The Bertz CT molecular complexity index is 401. The SMILES string of the molecule is COc1cc(C)c(C[C@H](N)C(=O)O)cc1C. The summed E-state index contributed by atoms with van der Waals surface area (Å²) in [7, 11) is 1.62. The topological polar surface area (TPSA) is 72.5 Å². The van der Waals surface area contributed by atoms with Gasteiger partial charge in [0.2, 0.25) is 0 Å². The minimum atomic E-state index is -0.979. The fourth-order valence-corrected chi connectivity index (χ4v) is 1.61. The van der Waals surface area contributed by atoms with Gasteiger partial charge in [-0.15, -0.1) is 0 Å². The lowest BCUT2D eigenvalue weighted by Gasteiger charge is -2.13. The third-order valence-electron chi connectivity index (χ3n) is 2.61. The second kappa shape index (κ2) is 4.99. The van der Waals surface area contributed by atoms with Crippen LogP contribution in [0, 0.1) is 13.8 Å². The zero-order chi connectivity index (χ0) is 12.3. The standard InChI is InChI=1S/C12H17NO3/c1-7-5-11(16-3)8(2)4-9(7)6-10(13)12(14)15/h4-5,10H,6,13H2,1-3H3,(H,14,15)/t10-/m0/s1. The van der Waals surface area contributed by atoms with Crippen LogP contribution in [-0.4, -0.2) is 24.2 Å². The van der Waals surface area contributed by atoms with E-state index in [1.807, 2.05) is 26.0 Å². The van der Waals surface area contributed by atoms with Gasteiger partial charge in [0.05, 0.1) is 7.11 Å². The van der Waals surface area contributed by atoms with Crippen molar-refractivity contribution >= 4 is 5.97 Å². The smallest absolute Gasteiger partial charge is 0.320 e. The van der Waals surface area contributed by atoms with Gasteiger partial charge in [-0.25, -0.2) is 0 Å². The Morgan fingerprint density at radius 2 is 2.06 bits per heavy atom. The van der Waals surface area contributed by atoms with Crippen molar-refractivity contribution in [3.63, 3.8) is 0 Å². The van der Waals surface area contributed by atoms with E-state index in [1.165, 1.54) is 0 Å². The summed E-state index contributed by atoms with van der Waals surface area (Å²) in [5.41, 5.74) is 8.45. The molecule has 1 rings (SSSR count). The maximum absolute atomic E-state index is 10.7. The average Bonchev–Trinajstić information content (AvgIpc) is 2.22. The Labute approximate surface area is 95.0 Å². The van der Waals surface area contributed by atoms with Gasteiger partial charge in [0.15, 0.2) is 0 Å². The van der Waals surface area contributed by atoms with Gasteiger partial charge in [-0.2, -0.15) is 0 Å². The van der Waals surface area contributed by atoms with Crippen LogP contribution < -0.4 is 10.5 Å². The van der Waals surface area contributed by atoms with Gasteiger partial charge in [0.25, 0.3) is 0 Å². The normalized spacial score (nSPS) is 12.2. The summed E-state index contributed by atoms with van der Waals surface area (Å²) in [5, 5.41) is 8.75. The largest absolute Gasteiger partial charge is 0.496 e. The van der Waals surface area contributed by atoms with E-state index in [0.29, 0.717) is 6.42 Å². The maximum Gasteiger partial charge on any atom is 0.320 e. The maximum atomic E-state index is 10.7. The second-order valence-corrected chi connectivity index (χ2v) is 3.90. The zero-order valence-electron chi connectivity index (χ0n) is 9.78. The van der Waals surface area contributed by atoms with E-state index in [9.17, 15) is 4.79 Å². The van der Waals surface area contributed by atoms with Gasteiger partial charge in [-0.1, -0.05) is 6.07 Å². The highest BCUT2D eigenvalue weighted by Crippen LogP contribution is 2.23. The van der Waals surface area contributed by atoms with Crippen molar-refractivity contribution in [2.75, 3.05) is 7.11 Å². The molecule has 0 heterocycles. The Balaban J connectivity index is 2.98. The summed E-state index contributed by atoms with van der Waals surface area (Å²) in [5.74, 6) is -0.169. The number of carboxylic acid groups (broad SMARTS) is 1. The summed E-state index contributed by atoms with van der Waals surface area (Å²) >= 11 is 0. The number of carboxylic acids is 1. The first-order chi connectivity index (χ1) is 7.45. The van der Waals surface area contributed by atoms with E-state index in [1.54, 1.807) is 7.11 Å². The number of methoxy groups -OCH3 is 1. The molecule has 4 nitrogen and oxygen atoms in total. The molecule has 0 radical (unpaired) electrons. The quantitative estimate of drug-likeness (QED) is 0.806. The van der Waals surface area contributed by atoms with Crippen molar-refractivity contribution < 1.29 is 14.6 Å². The van der Waals surface area contributed by atoms with Crippen LogP contribution in [0.3, 0.4) is 0 Å². The van der Waals surface area contributed by atoms with E-state index >= 15 is 0 Å². The minimum Gasteiger partial charge on any atom is -0.496 e. The number of carbonyl (C=O) groups is 1. The van der Waals surface area contributed by atoms with Crippen molar-refractivity contribution in [3.8, 4) is 5.75 Å². The van der Waals surface area contributed by atoms with Crippen LogP contribution in [0.2, 0.25) is 0 Å². The molecule has 1 aromatic carbocycles. The second-order valence-electron chi connectivity index (χ2n) is 3.90. The van der Waals surface area contributed by atoms with Crippen molar-refractivity contribution in [1.29, 1.82) is 0 Å². The van der Waals surface area contributed by atoms with Gasteiger partial charge in [0.1, 0.15) is 11.8 Å². The molecule has 0 aromatic heterocycles. The van der Waals surface area contributed by atoms with Crippen LogP contribution in [0.25, 0.3) is 0 Å². The third kappa shape index (κ3) is 2.73. The van der Waals surface area contributed by atoms with Gasteiger partial charge in [-0.05, 0) is 43.0 Å². The molecule has 0 fully saturated rings. The summed E-state index contributed by atoms with van der Waals surface area (Å²) in [6.07, 6.45) is 0.339. The number of benzene rings is 1. The van der Waals surface area contributed by atoms with Crippen molar-refractivity contribution in [2.45, 2.75) is 26.3 Å². The molecule has 0 unspecified atom stereocenters. The molecule has 0 aliphatic rings. The summed E-state index contributed by atoms with van der Waals surface area (Å²) in [6.45, 7) is 3.85. The van der Waals surface area contributed by atoms with Gasteiger partial charge < -0.3 is 15.6 Å². The summed E-state index contributed by atoms with van der Waals surface area (Å²) in [4.78, 5) is 10.7. The molecule has 3 N–H and O–H groups in total. The summed E-state index contributed by atoms with van der Waals surface area (Å²) in [6, 6.07) is 2.97. The third-order valence-corrected chi connectivity index (χ3v) is 2.61. The molecule has 16 heavy (non-hydrogen) atoms. The molecule has 0 bridgehead atoms. The highest BCUT2D eigenvalue weighted by molar-refractivity contribution is 5.73. The molecular weight excluding hydrogens is 206 g/mol. The first kappa shape index (κ1) is 12.5. The molecule has 0 amide bonds. The van der Waals surface area contributed by atoms with E-state index < -0.39 is 12.0 Å². The highest BCUT2D eigenvalue weighted by atomic mass is 16.5. The monoisotopic (exact) mass is 223 g/mol. The number of nitrogens with two attached hydrogens (primary N) is 1. The van der Waals surface area contributed by atoms with Crippen LogP contribution in [0.4, 0.5) is 0 Å². The number of ether oxygens (including phenoxy) is 1. The predicted octanol–water partition coefficient (Wildman–Crippen LogP) is 1.27. The molecule has 4 heteroatoms. The molecule has 0 aliphatic carbocycles. The number of aryl methyl sites for hydroxylation is 2. The number of hydrogen-bond acceptors (Lipinski definition) is 3. The molecular formula is C12H17NO3. The van der Waals surface area contributed by atoms with Gasteiger partial charge in [-0.3, -0.25) is 4.79 Å². The van der Waals surface area contributed by atoms with Crippen LogP contribution in [0.15, 0.2) is 12.1 Å². The Morgan fingerprint density at radius 3 is 2.56 bits per heavy atom. The average molecular weight is 223 g/mol. The van der Waals surface area contributed by atoms with Gasteiger partial charge >= 0.3 is 5.97 Å².